The van der Waals surface area contributed by atoms with E-state index in [0.29, 0.717) is 38.4 Å². The molecule has 0 aliphatic carbocycles. The van der Waals surface area contributed by atoms with Crippen LogP contribution in [0.2, 0.25) is 0 Å². The zero-order chi connectivity index (χ0) is 15.9. The van der Waals surface area contributed by atoms with E-state index in [9.17, 15) is 13.2 Å². The molecule has 0 aromatic carbocycles. The average molecular weight is 316 g/mol. The number of hydrogen-bond donors (Lipinski definition) is 1. The van der Waals surface area contributed by atoms with Crippen LogP contribution in [0, 0.1) is 0 Å². The molecule has 0 amide bonds. The maximum Gasteiger partial charge on any atom is 0.293 e. The van der Waals surface area contributed by atoms with Crippen molar-refractivity contribution in [1.29, 1.82) is 0 Å². The standard InChI is InChI=1S/C13H24N4O3S/c1-4-9-16-11-8-15-12(13(16)18)14-7-6-10-17(5-2)21(3,19)20/h8,11H,4-7,9-10H2,1-3H3,(H,14,15). The normalized spacial score (nSPS) is 11.8. The van der Waals surface area contributed by atoms with E-state index in [1.807, 2.05) is 6.92 Å². The molecule has 21 heavy (non-hydrogen) atoms. The minimum absolute atomic E-state index is 0.144. The first kappa shape index (κ1) is 17.6. The number of aromatic nitrogens is 2. The van der Waals surface area contributed by atoms with E-state index in [0.717, 1.165) is 6.42 Å². The van der Waals surface area contributed by atoms with Crippen LogP contribution in [0.4, 0.5) is 5.82 Å². The van der Waals surface area contributed by atoms with Gasteiger partial charge in [-0.05, 0) is 12.8 Å². The lowest BCUT2D eigenvalue weighted by Gasteiger charge is -2.17. The molecule has 7 nitrogen and oxygen atoms in total. The largest absolute Gasteiger partial charge is 0.365 e. The van der Waals surface area contributed by atoms with Crippen LogP contribution >= 0.6 is 0 Å². The van der Waals surface area contributed by atoms with Crippen LogP contribution in [-0.2, 0) is 16.6 Å². The first-order valence-corrected chi connectivity index (χ1v) is 8.99. The van der Waals surface area contributed by atoms with Crippen LogP contribution < -0.4 is 10.9 Å². The third-order valence-electron chi connectivity index (χ3n) is 3.08. The Labute approximate surface area is 126 Å². The molecule has 0 fully saturated rings. The molecule has 0 radical (unpaired) electrons. The Kier molecular flexibility index (Phi) is 6.83. The van der Waals surface area contributed by atoms with Crippen molar-refractivity contribution in [2.75, 3.05) is 31.2 Å². The van der Waals surface area contributed by atoms with Crippen LogP contribution in [0.3, 0.4) is 0 Å². The van der Waals surface area contributed by atoms with Crippen molar-refractivity contribution in [3.05, 3.63) is 22.7 Å². The van der Waals surface area contributed by atoms with E-state index < -0.39 is 10.0 Å². The van der Waals surface area contributed by atoms with Gasteiger partial charge in [0.2, 0.25) is 10.0 Å². The van der Waals surface area contributed by atoms with Gasteiger partial charge in [-0.1, -0.05) is 13.8 Å². The van der Waals surface area contributed by atoms with Crippen LogP contribution in [-0.4, -0.2) is 48.2 Å². The summed E-state index contributed by atoms with van der Waals surface area (Å²) in [5.41, 5.74) is -0.144. The van der Waals surface area contributed by atoms with E-state index >= 15 is 0 Å². The minimum Gasteiger partial charge on any atom is -0.365 e. The molecule has 1 heterocycles. The molecule has 1 aromatic heterocycles. The first-order chi connectivity index (χ1) is 9.90. The van der Waals surface area contributed by atoms with E-state index in [4.69, 9.17) is 0 Å². The zero-order valence-electron chi connectivity index (χ0n) is 12.9. The molecule has 1 aromatic rings. The molecule has 0 bridgehead atoms. The van der Waals surface area contributed by atoms with Gasteiger partial charge in [0.25, 0.3) is 5.56 Å². The van der Waals surface area contributed by atoms with Gasteiger partial charge in [-0.2, -0.15) is 0 Å². The fraction of sp³-hybridized carbons (Fsp3) is 0.692. The molecule has 0 atom stereocenters. The molecule has 0 aliphatic rings. The van der Waals surface area contributed by atoms with Crippen molar-refractivity contribution in [1.82, 2.24) is 13.9 Å². The molecule has 8 heteroatoms. The summed E-state index contributed by atoms with van der Waals surface area (Å²) < 4.78 is 25.9. The second kappa shape index (κ2) is 8.14. The van der Waals surface area contributed by atoms with Gasteiger partial charge in [-0.25, -0.2) is 17.7 Å². The number of nitrogens with one attached hydrogen (secondary N) is 1. The molecule has 1 rings (SSSR count). The van der Waals surface area contributed by atoms with E-state index in [2.05, 4.69) is 10.3 Å². The van der Waals surface area contributed by atoms with Gasteiger partial charge in [-0.15, -0.1) is 0 Å². The Balaban J connectivity index is 2.54. The maximum atomic E-state index is 12.0. The average Bonchev–Trinajstić information content (AvgIpc) is 2.41. The van der Waals surface area contributed by atoms with Gasteiger partial charge in [0.1, 0.15) is 0 Å². The number of aryl methyl sites for hydroxylation is 1. The van der Waals surface area contributed by atoms with Crippen molar-refractivity contribution in [3.8, 4) is 0 Å². The third kappa shape index (κ3) is 5.47. The molecule has 0 saturated carbocycles. The molecule has 0 aliphatic heterocycles. The molecular weight excluding hydrogens is 292 g/mol. The number of sulfonamides is 1. The zero-order valence-corrected chi connectivity index (χ0v) is 13.7. The van der Waals surface area contributed by atoms with Crippen LogP contribution in [0.1, 0.15) is 26.7 Å². The Bertz CT molecular complexity index is 598. The van der Waals surface area contributed by atoms with Crippen molar-refractivity contribution < 1.29 is 8.42 Å². The second-order valence-corrected chi connectivity index (χ2v) is 6.79. The van der Waals surface area contributed by atoms with Crippen LogP contribution in [0.25, 0.3) is 0 Å². The summed E-state index contributed by atoms with van der Waals surface area (Å²) in [7, 11) is -3.16. The van der Waals surface area contributed by atoms with E-state index in [1.165, 1.54) is 10.6 Å². The quantitative estimate of drug-likeness (QED) is 0.679. The van der Waals surface area contributed by atoms with Gasteiger partial charge >= 0.3 is 0 Å². The van der Waals surface area contributed by atoms with Crippen molar-refractivity contribution in [3.63, 3.8) is 0 Å². The van der Waals surface area contributed by atoms with Crippen molar-refractivity contribution >= 4 is 15.8 Å². The predicted molar refractivity (Wildman–Crippen MR) is 84.0 cm³/mol. The van der Waals surface area contributed by atoms with Gasteiger partial charge < -0.3 is 9.88 Å². The number of hydrogen-bond acceptors (Lipinski definition) is 5. The Morgan fingerprint density at radius 1 is 1.38 bits per heavy atom. The highest BCUT2D eigenvalue weighted by atomic mass is 32.2. The summed E-state index contributed by atoms with van der Waals surface area (Å²) in [5, 5.41) is 2.98. The topological polar surface area (TPSA) is 84.3 Å². The number of anilines is 1. The Morgan fingerprint density at radius 3 is 2.67 bits per heavy atom. The summed E-state index contributed by atoms with van der Waals surface area (Å²) in [6, 6.07) is 0. The smallest absolute Gasteiger partial charge is 0.293 e. The third-order valence-corrected chi connectivity index (χ3v) is 4.46. The highest BCUT2D eigenvalue weighted by molar-refractivity contribution is 7.88. The summed E-state index contributed by atoms with van der Waals surface area (Å²) in [4.78, 5) is 16.1. The predicted octanol–water partition coefficient (Wildman–Crippen LogP) is 0.737. The van der Waals surface area contributed by atoms with Crippen LogP contribution in [0.5, 0.6) is 0 Å². The first-order valence-electron chi connectivity index (χ1n) is 7.14. The van der Waals surface area contributed by atoms with Gasteiger partial charge in [0.05, 0.1) is 6.26 Å². The highest BCUT2D eigenvalue weighted by Gasteiger charge is 2.13. The Morgan fingerprint density at radius 2 is 2.10 bits per heavy atom. The fourth-order valence-corrected chi connectivity index (χ4v) is 2.94. The maximum absolute atomic E-state index is 12.0. The van der Waals surface area contributed by atoms with E-state index in [-0.39, 0.29) is 5.56 Å². The molecular formula is C13H24N4O3S. The number of nitrogens with zero attached hydrogens (tertiary/aromatic N) is 3. The fourth-order valence-electron chi connectivity index (χ4n) is 2.01. The summed E-state index contributed by atoms with van der Waals surface area (Å²) in [5.74, 6) is 0.313. The molecule has 1 N–H and O–H groups in total. The summed E-state index contributed by atoms with van der Waals surface area (Å²) in [6.45, 7) is 5.85. The summed E-state index contributed by atoms with van der Waals surface area (Å²) in [6.07, 6.45) is 5.95. The highest BCUT2D eigenvalue weighted by Crippen LogP contribution is 2.00. The van der Waals surface area contributed by atoms with Gasteiger partial charge in [0.15, 0.2) is 5.82 Å². The SMILES string of the molecule is CCCn1ccnc(NCCCN(CC)S(C)(=O)=O)c1=O. The van der Waals surface area contributed by atoms with Gasteiger partial charge in [0, 0.05) is 38.6 Å². The minimum atomic E-state index is -3.16. The van der Waals surface area contributed by atoms with Crippen molar-refractivity contribution in [2.24, 2.45) is 0 Å². The van der Waals surface area contributed by atoms with E-state index in [1.54, 1.807) is 23.9 Å². The lowest BCUT2D eigenvalue weighted by atomic mass is 10.4. The van der Waals surface area contributed by atoms with Crippen LogP contribution in [0.15, 0.2) is 17.2 Å². The molecule has 120 valence electrons. The Hall–Kier alpha value is -1.41. The number of rotatable bonds is 9. The van der Waals surface area contributed by atoms with Crippen molar-refractivity contribution in [2.45, 2.75) is 33.2 Å². The lowest BCUT2D eigenvalue weighted by Crippen LogP contribution is -2.32. The lowest BCUT2D eigenvalue weighted by molar-refractivity contribution is 0.428. The second-order valence-electron chi connectivity index (χ2n) is 4.81. The monoisotopic (exact) mass is 316 g/mol. The van der Waals surface area contributed by atoms with Gasteiger partial charge in [-0.3, -0.25) is 4.79 Å². The molecule has 0 unspecified atom stereocenters. The summed E-state index contributed by atoms with van der Waals surface area (Å²) >= 11 is 0. The molecule has 0 spiro atoms. The molecule has 0 saturated heterocycles.